The van der Waals surface area contributed by atoms with E-state index in [1.165, 1.54) is 19.1 Å². The number of methoxy groups -OCH3 is 2. The van der Waals surface area contributed by atoms with Crippen LogP contribution in [0.2, 0.25) is 0 Å². The molecule has 1 unspecified atom stereocenters. The smallest absolute Gasteiger partial charge is 0.267 e. The average Bonchev–Trinajstić information content (AvgIpc) is 3.35. The van der Waals surface area contributed by atoms with Crippen LogP contribution in [0.5, 0.6) is 17.2 Å². The zero-order valence-corrected chi connectivity index (χ0v) is 26.6. The maximum absolute atomic E-state index is 14.2. The van der Waals surface area contributed by atoms with Crippen molar-refractivity contribution < 1.29 is 29.0 Å². The zero-order chi connectivity index (χ0) is 33.9. The highest BCUT2D eigenvalue weighted by Gasteiger charge is 2.42. The first-order valence-corrected chi connectivity index (χ1v) is 15.3. The molecule has 47 heavy (non-hydrogen) atoms. The van der Waals surface area contributed by atoms with Crippen LogP contribution in [0.4, 0.5) is 5.69 Å². The summed E-state index contributed by atoms with van der Waals surface area (Å²) in [6, 6.07) is 13.3. The summed E-state index contributed by atoms with van der Waals surface area (Å²) in [6.07, 6.45) is 5.36. The minimum Gasteiger partial charge on any atom is -0.502 e. The van der Waals surface area contributed by atoms with Crippen LogP contribution in [-0.4, -0.2) is 76.7 Å². The van der Waals surface area contributed by atoms with Gasteiger partial charge in [-0.05, 0) is 78.2 Å². The number of aliphatic imine (C=N–C) groups is 2. The number of guanidine groups is 1. The fourth-order valence-corrected chi connectivity index (χ4v) is 5.74. The Morgan fingerprint density at radius 2 is 1.72 bits per heavy atom. The van der Waals surface area contributed by atoms with Gasteiger partial charge in [-0.3, -0.25) is 29.3 Å². The molecule has 0 saturated carbocycles. The van der Waals surface area contributed by atoms with Gasteiger partial charge in [-0.15, -0.1) is 0 Å². The number of thioether (sulfide) groups is 1. The predicted octanol–water partition coefficient (Wildman–Crippen LogP) is 2.04. The molecule has 0 bridgehead atoms. The highest BCUT2D eigenvalue weighted by molar-refractivity contribution is 8.18. The number of aromatic hydroxyl groups is 1. The van der Waals surface area contributed by atoms with Gasteiger partial charge in [-0.25, -0.2) is 4.99 Å². The number of primary amides is 1. The number of pyridine rings is 1. The molecule has 2 atom stereocenters. The van der Waals surface area contributed by atoms with Gasteiger partial charge in [0.25, 0.3) is 5.91 Å². The number of carbonyl (C=O) groups is 3. The number of nitrogens with two attached hydrogens (primary N) is 3. The predicted molar refractivity (Wildman–Crippen MR) is 180 cm³/mol. The lowest BCUT2D eigenvalue weighted by Gasteiger charge is -2.28. The summed E-state index contributed by atoms with van der Waals surface area (Å²) in [5, 5.41) is 13.4. The topological polar surface area (TPSA) is 221 Å². The highest BCUT2D eigenvalue weighted by Crippen LogP contribution is 2.40. The molecular formula is C32H36N8O6S. The highest BCUT2D eigenvalue weighted by atomic mass is 32.2. The van der Waals surface area contributed by atoms with Crippen molar-refractivity contribution >= 4 is 52.4 Å². The molecule has 3 amide bonds. The first kappa shape index (κ1) is 34.3. The molecule has 1 fully saturated rings. The lowest BCUT2D eigenvalue weighted by molar-refractivity contribution is -0.134. The molecule has 14 nitrogen and oxygen atoms in total. The van der Waals surface area contributed by atoms with Crippen molar-refractivity contribution in [3.63, 3.8) is 0 Å². The van der Waals surface area contributed by atoms with E-state index >= 15 is 0 Å². The van der Waals surface area contributed by atoms with Crippen LogP contribution in [0.3, 0.4) is 0 Å². The molecule has 1 aliphatic heterocycles. The van der Waals surface area contributed by atoms with Crippen LogP contribution in [-0.2, 0) is 20.8 Å². The molecule has 15 heteroatoms. The number of amidine groups is 1. The van der Waals surface area contributed by atoms with E-state index in [0.717, 1.165) is 11.8 Å². The van der Waals surface area contributed by atoms with E-state index in [4.69, 9.17) is 31.7 Å². The quantitative estimate of drug-likeness (QED) is 0.0733. The Morgan fingerprint density at radius 1 is 1.06 bits per heavy atom. The number of nitrogens with one attached hydrogen (secondary N) is 1. The number of para-hydroxylation sites is 1. The summed E-state index contributed by atoms with van der Waals surface area (Å²) in [7, 11) is 2.80. The van der Waals surface area contributed by atoms with Crippen molar-refractivity contribution in [1.29, 1.82) is 0 Å². The zero-order valence-electron chi connectivity index (χ0n) is 25.8. The summed E-state index contributed by atoms with van der Waals surface area (Å²) < 4.78 is 10.6. The average molecular weight is 661 g/mol. The Morgan fingerprint density at radius 3 is 2.32 bits per heavy atom. The Bertz CT molecular complexity index is 1650. The second-order valence-electron chi connectivity index (χ2n) is 10.3. The fourth-order valence-electron chi connectivity index (χ4n) is 4.70. The Hall–Kier alpha value is -5.57. The molecule has 3 aromatic rings. The summed E-state index contributed by atoms with van der Waals surface area (Å²) in [5.74, 6) is -1.85. The molecule has 246 valence electrons. The number of aromatic nitrogens is 1. The number of carbonyl (C=O) groups excluding carboxylic acids is 3. The molecule has 2 aromatic carbocycles. The van der Waals surface area contributed by atoms with Gasteiger partial charge in [-0.1, -0.05) is 18.2 Å². The Balaban J connectivity index is 1.77. The van der Waals surface area contributed by atoms with Gasteiger partial charge in [0.05, 0.1) is 24.8 Å². The normalized spacial score (nSPS) is 15.7. The summed E-state index contributed by atoms with van der Waals surface area (Å²) in [6.45, 7) is 0.235. The minimum atomic E-state index is -1.14. The van der Waals surface area contributed by atoms with E-state index in [9.17, 15) is 19.5 Å². The number of amides is 3. The first-order chi connectivity index (χ1) is 22.6. The molecule has 1 aliphatic rings. The molecular weight excluding hydrogens is 624 g/mol. The third kappa shape index (κ3) is 9.00. The van der Waals surface area contributed by atoms with Crippen molar-refractivity contribution in [2.75, 3.05) is 20.8 Å². The third-order valence-electron chi connectivity index (χ3n) is 7.02. The number of phenolic OH excluding ortho intramolecular Hbond substituents is 1. The fraction of sp³-hybridized carbons (Fsp3) is 0.250. The van der Waals surface area contributed by atoms with Gasteiger partial charge in [0.2, 0.25) is 17.6 Å². The van der Waals surface area contributed by atoms with E-state index in [2.05, 4.69) is 15.3 Å². The van der Waals surface area contributed by atoms with E-state index in [1.54, 1.807) is 67.0 Å². The molecule has 1 saturated heterocycles. The summed E-state index contributed by atoms with van der Waals surface area (Å²) in [5.41, 5.74) is 18.2. The van der Waals surface area contributed by atoms with E-state index in [-0.39, 0.29) is 52.7 Å². The van der Waals surface area contributed by atoms with Crippen LogP contribution in [0.25, 0.3) is 6.08 Å². The summed E-state index contributed by atoms with van der Waals surface area (Å²) in [4.78, 5) is 54.9. The van der Waals surface area contributed by atoms with Gasteiger partial charge in [-0.2, -0.15) is 0 Å². The van der Waals surface area contributed by atoms with E-state index in [1.807, 2.05) is 6.07 Å². The second-order valence-corrected chi connectivity index (χ2v) is 11.3. The van der Waals surface area contributed by atoms with Crippen molar-refractivity contribution in [2.24, 2.45) is 27.2 Å². The lowest BCUT2D eigenvalue weighted by atomic mass is 10.0. The maximum atomic E-state index is 14.2. The Labute approximate surface area is 275 Å². The maximum Gasteiger partial charge on any atom is 0.267 e. The number of nitrogens with zero attached hydrogens (tertiary/aromatic N) is 4. The molecule has 8 N–H and O–H groups in total. The molecule has 1 aromatic heterocycles. The number of benzene rings is 2. The van der Waals surface area contributed by atoms with Crippen LogP contribution < -0.4 is 32.0 Å². The van der Waals surface area contributed by atoms with E-state index < -0.39 is 29.8 Å². The SMILES string of the molecule is COc1cc(/C=C2\SC(=Nc3ccccc3)N([C@@H](Cc3ccncc3)C(=O)NC(CCCN=C(N)N)C(N)=O)C2=O)cc(OC)c1O. The molecule has 0 radical (unpaired) electrons. The van der Waals surface area contributed by atoms with Crippen molar-refractivity contribution in [2.45, 2.75) is 31.3 Å². The van der Waals surface area contributed by atoms with Crippen molar-refractivity contribution in [1.82, 2.24) is 15.2 Å². The number of rotatable bonds is 14. The standard InChI is InChI=1S/C32H36N8O6S/c1-45-24-16-20(17-25(46-2)27(24)41)18-26-30(44)40(32(47-26)38-21-7-4-3-5-8-21)23(15-19-10-13-36-14-11-19)29(43)39-22(28(33)42)9-6-12-37-31(34)35/h3-5,7-8,10-11,13-14,16-18,22-23,41H,6,9,12,15H2,1-2H3,(H2,33,42)(H,39,43)(H4,34,35,37)/b26-18-,38-32?/t22?,23-/m0/s1. The first-order valence-electron chi connectivity index (χ1n) is 14.5. The number of hydrogen-bond donors (Lipinski definition) is 5. The molecule has 0 spiro atoms. The summed E-state index contributed by atoms with van der Waals surface area (Å²) >= 11 is 1.07. The van der Waals surface area contributed by atoms with Gasteiger partial charge in [0.1, 0.15) is 12.1 Å². The number of hydrogen-bond acceptors (Lipinski definition) is 10. The number of ether oxygens (including phenoxy) is 2. The van der Waals surface area contributed by atoms with Crippen LogP contribution >= 0.6 is 11.8 Å². The molecule has 0 aliphatic carbocycles. The van der Waals surface area contributed by atoms with Crippen LogP contribution in [0.15, 0.2) is 81.9 Å². The van der Waals surface area contributed by atoms with Gasteiger partial charge in [0, 0.05) is 25.4 Å². The van der Waals surface area contributed by atoms with E-state index in [0.29, 0.717) is 23.2 Å². The number of phenols is 1. The van der Waals surface area contributed by atoms with Crippen LogP contribution in [0.1, 0.15) is 24.0 Å². The monoisotopic (exact) mass is 660 g/mol. The van der Waals surface area contributed by atoms with Crippen molar-refractivity contribution in [3.05, 3.63) is 83.0 Å². The van der Waals surface area contributed by atoms with Gasteiger partial charge in [0.15, 0.2) is 22.6 Å². The molecule has 2 heterocycles. The van der Waals surface area contributed by atoms with Crippen LogP contribution in [0, 0.1) is 0 Å². The largest absolute Gasteiger partial charge is 0.502 e. The third-order valence-corrected chi connectivity index (χ3v) is 8.00. The minimum absolute atomic E-state index is 0.0715. The lowest BCUT2D eigenvalue weighted by Crippen LogP contribution is -2.55. The Kier molecular flexibility index (Phi) is 11.8. The molecule has 4 rings (SSSR count). The van der Waals surface area contributed by atoms with Crippen molar-refractivity contribution in [3.8, 4) is 17.2 Å². The van der Waals surface area contributed by atoms with Gasteiger partial charge < -0.3 is 37.1 Å². The second kappa shape index (κ2) is 16.1. The van der Waals surface area contributed by atoms with Gasteiger partial charge >= 0.3 is 0 Å².